The second-order valence-corrected chi connectivity index (χ2v) is 13.2. The number of hydrogen-bond donors (Lipinski definition) is 3. The molecule has 308 valence electrons. The molecular weight excluding hydrogens is 693 g/mol. The van der Waals surface area contributed by atoms with Crippen LogP contribution in [0.3, 0.4) is 0 Å². The lowest BCUT2D eigenvalue weighted by Gasteiger charge is -2.14. The maximum atomic E-state index is 12.3. The van der Waals surface area contributed by atoms with Crippen molar-refractivity contribution in [1.82, 2.24) is 10.6 Å². The Morgan fingerprint density at radius 2 is 0.732 bits per heavy atom. The van der Waals surface area contributed by atoms with E-state index in [1.165, 1.54) is 0 Å². The summed E-state index contributed by atoms with van der Waals surface area (Å²) in [6, 6.07) is -0.920. The summed E-state index contributed by atoms with van der Waals surface area (Å²) in [5.74, 6) is -1.31. The summed E-state index contributed by atoms with van der Waals surface area (Å²) in [5.41, 5.74) is 0. The molecular formula is C50H74N2O4. The zero-order chi connectivity index (χ0) is 40.8. The zero-order valence-electron chi connectivity index (χ0n) is 34.7. The van der Waals surface area contributed by atoms with Crippen molar-refractivity contribution in [2.75, 3.05) is 6.54 Å². The van der Waals surface area contributed by atoms with Crippen LogP contribution in [0.25, 0.3) is 0 Å². The van der Waals surface area contributed by atoms with E-state index in [2.05, 4.69) is 152 Å². The molecule has 6 heteroatoms. The van der Waals surface area contributed by atoms with Gasteiger partial charge in [0.2, 0.25) is 11.8 Å². The number of carboxylic acids is 1. The SMILES string of the molecule is CCC=CCC=CCC=CCC=CCC=CCC=CCCC(=O)NCCCCC(NC(=O)CCC=CCC=CCC=CCC=CCC=CCC=CCC)C(=O)O. The van der Waals surface area contributed by atoms with E-state index in [4.69, 9.17) is 0 Å². The third-order valence-corrected chi connectivity index (χ3v) is 8.14. The van der Waals surface area contributed by atoms with Crippen LogP contribution in [0, 0.1) is 0 Å². The van der Waals surface area contributed by atoms with Crippen LogP contribution < -0.4 is 10.6 Å². The van der Waals surface area contributed by atoms with Crippen molar-refractivity contribution in [3.8, 4) is 0 Å². The maximum absolute atomic E-state index is 12.3. The van der Waals surface area contributed by atoms with E-state index in [-0.39, 0.29) is 18.2 Å². The van der Waals surface area contributed by atoms with E-state index in [1.54, 1.807) is 0 Å². The number of carboxylic acid groups (broad SMARTS) is 1. The van der Waals surface area contributed by atoms with Crippen molar-refractivity contribution in [2.24, 2.45) is 0 Å². The third kappa shape index (κ3) is 40.5. The molecule has 0 saturated heterocycles. The van der Waals surface area contributed by atoms with Gasteiger partial charge in [-0.15, -0.1) is 0 Å². The van der Waals surface area contributed by atoms with Crippen molar-refractivity contribution in [3.05, 3.63) is 146 Å². The van der Waals surface area contributed by atoms with E-state index < -0.39 is 12.0 Å². The molecule has 0 aromatic rings. The van der Waals surface area contributed by atoms with Gasteiger partial charge >= 0.3 is 5.97 Å². The summed E-state index contributed by atoms with van der Waals surface area (Å²) in [5, 5.41) is 15.1. The number of carbonyl (C=O) groups is 3. The Bertz CT molecular complexity index is 1350. The van der Waals surface area contributed by atoms with Crippen LogP contribution in [0.5, 0.6) is 0 Å². The van der Waals surface area contributed by atoms with Crippen molar-refractivity contribution in [3.63, 3.8) is 0 Å². The van der Waals surface area contributed by atoms with E-state index in [1.807, 2.05) is 18.2 Å². The van der Waals surface area contributed by atoms with Crippen molar-refractivity contribution in [2.45, 2.75) is 142 Å². The van der Waals surface area contributed by atoms with Crippen LogP contribution >= 0.6 is 0 Å². The summed E-state index contributed by atoms with van der Waals surface area (Å²) in [4.78, 5) is 36.1. The van der Waals surface area contributed by atoms with Gasteiger partial charge in [-0.2, -0.15) is 0 Å². The quantitative estimate of drug-likeness (QED) is 0.0442. The van der Waals surface area contributed by atoms with Crippen LogP contribution in [0.2, 0.25) is 0 Å². The molecule has 3 N–H and O–H groups in total. The highest BCUT2D eigenvalue weighted by molar-refractivity contribution is 5.83. The van der Waals surface area contributed by atoms with Crippen LogP contribution in [0.1, 0.15) is 136 Å². The summed E-state index contributed by atoms with van der Waals surface area (Å²) in [6.07, 6.45) is 66.6. The first kappa shape index (κ1) is 51.3. The molecule has 0 rings (SSSR count). The average molecular weight is 767 g/mol. The Morgan fingerprint density at radius 1 is 0.429 bits per heavy atom. The van der Waals surface area contributed by atoms with Gasteiger partial charge in [0.25, 0.3) is 0 Å². The van der Waals surface area contributed by atoms with Gasteiger partial charge < -0.3 is 15.7 Å². The second-order valence-electron chi connectivity index (χ2n) is 13.2. The highest BCUT2D eigenvalue weighted by atomic mass is 16.4. The predicted molar refractivity (Wildman–Crippen MR) is 241 cm³/mol. The Labute approximate surface area is 341 Å². The number of unbranched alkanes of at least 4 members (excludes halogenated alkanes) is 1. The molecule has 2 amide bonds. The molecule has 0 aliphatic heterocycles. The van der Waals surface area contributed by atoms with E-state index >= 15 is 0 Å². The first-order valence-electron chi connectivity index (χ1n) is 21.1. The summed E-state index contributed by atoms with van der Waals surface area (Å²) in [6.45, 7) is 4.78. The number of carbonyl (C=O) groups excluding carboxylic acids is 2. The summed E-state index contributed by atoms with van der Waals surface area (Å²) >= 11 is 0. The number of allylic oxidation sites excluding steroid dienone is 24. The Balaban J connectivity index is 3.90. The van der Waals surface area contributed by atoms with Crippen LogP contribution in [-0.2, 0) is 14.4 Å². The number of rotatable bonds is 35. The average Bonchev–Trinajstić information content (AvgIpc) is 3.19. The maximum Gasteiger partial charge on any atom is 0.326 e. The van der Waals surface area contributed by atoms with Crippen molar-refractivity contribution in [1.29, 1.82) is 0 Å². The monoisotopic (exact) mass is 767 g/mol. The molecule has 0 bridgehead atoms. The first-order valence-corrected chi connectivity index (χ1v) is 21.1. The van der Waals surface area contributed by atoms with Gasteiger partial charge in [-0.25, -0.2) is 4.79 Å². The molecule has 0 radical (unpaired) electrons. The number of hydrogen-bond acceptors (Lipinski definition) is 3. The fourth-order valence-corrected chi connectivity index (χ4v) is 5.02. The van der Waals surface area contributed by atoms with Crippen LogP contribution in [0.4, 0.5) is 0 Å². The molecule has 6 nitrogen and oxygen atoms in total. The lowest BCUT2D eigenvalue weighted by atomic mass is 10.1. The number of amides is 2. The van der Waals surface area contributed by atoms with Crippen molar-refractivity contribution < 1.29 is 19.5 Å². The number of aliphatic carboxylic acids is 1. The highest BCUT2D eigenvalue weighted by Gasteiger charge is 2.18. The Hall–Kier alpha value is -4.71. The van der Waals surface area contributed by atoms with E-state index in [0.717, 1.165) is 77.0 Å². The van der Waals surface area contributed by atoms with Crippen molar-refractivity contribution >= 4 is 17.8 Å². The smallest absolute Gasteiger partial charge is 0.326 e. The van der Waals surface area contributed by atoms with E-state index in [0.29, 0.717) is 45.1 Å². The van der Waals surface area contributed by atoms with Crippen LogP contribution in [-0.4, -0.2) is 35.5 Å². The fraction of sp³-hybridized carbons (Fsp3) is 0.460. The van der Waals surface area contributed by atoms with Gasteiger partial charge in [0.1, 0.15) is 6.04 Å². The van der Waals surface area contributed by atoms with Crippen LogP contribution in [0.15, 0.2) is 146 Å². The Morgan fingerprint density at radius 3 is 1.05 bits per heavy atom. The third-order valence-electron chi connectivity index (χ3n) is 8.14. The fourth-order valence-electron chi connectivity index (χ4n) is 5.02. The van der Waals surface area contributed by atoms with Gasteiger partial charge in [0.15, 0.2) is 0 Å². The molecule has 0 spiro atoms. The molecule has 0 aromatic heterocycles. The second kappa shape index (κ2) is 43.0. The molecule has 0 aliphatic carbocycles. The predicted octanol–water partition coefficient (Wildman–Crippen LogP) is 12.8. The van der Waals surface area contributed by atoms with Gasteiger partial charge in [0, 0.05) is 19.4 Å². The minimum atomic E-state index is -1.03. The molecule has 1 atom stereocenters. The first-order chi connectivity index (χ1) is 27.5. The number of nitrogens with one attached hydrogen (secondary N) is 2. The lowest BCUT2D eigenvalue weighted by Crippen LogP contribution is -2.40. The molecule has 1 unspecified atom stereocenters. The minimum absolute atomic E-state index is 0.0120. The molecule has 0 fully saturated rings. The molecule has 0 heterocycles. The van der Waals surface area contributed by atoms with Gasteiger partial charge in [-0.1, -0.05) is 160 Å². The van der Waals surface area contributed by atoms with Gasteiger partial charge in [0.05, 0.1) is 0 Å². The van der Waals surface area contributed by atoms with Gasteiger partial charge in [-0.3, -0.25) is 9.59 Å². The molecule has 0 aromatic carbocycles. The molecule has 56 heavy (non-hydrogen) atoms. The largest absolute Gasteiger partial charge is 0.480 e. The van der Waals surface area contributed by atoms with Gasteiger partial charge in [-0.05, 0) is 109 Å². The Kier molecular flexibility index (Phi) is 39.4. The molecule has 0 saturated carbocycles. The van der Waals surface area contributed by atoms with E-state index in [9.17, 15) is 19.5 Å². The summed E-state index contributed by atoms with van der Waals surface area (Å²) in [7, 11) is 0. The summed E-state index contributed by atoms with van der Waals surface area (Å²) < 4.78 is 0. The highest BCUT2D eigenvalue weighted by Crippen LogP contribution is 2.04. The minimum Gasteiger partial charge on any atom is -0.480 e. The topological polar surface area (TPSA) is 95.5 Å². The lowest BCUT2D eigenvalue weighted by molar-refractivity contribution is -0.142. The molecule has 0 aliphatic rings. The normalized spacial score (nSPS) is 13.6. The zero-order valence-corrected chi connectivity index (χ0v) is 34.7. The standard InChI is InChI=1S/C50H74N2O4/c1-3-5-7-9-11-13-15-17-19-21-23-25-27-29-31-33-35-37-39-44-48(53)51-46-42-41-43-47(50(55)56)52-49(54)45-40-38-36-34-32-30-28-26-24-22-20-18-16-14-12-10-8-6-4-2/h5-8,11-14,17-20,23-26,29-32,35-38,47H,3-4,9-10,15-16,21-22,27-28,33-34,39-46H2,1-2H3,(H,51,53)(H,52,54)(H,55,56).